The van der Waals surface area contributed by atoms with Gasteiger partial charge in [0, 0.05) is 25.7 Å². The molecule has 0 aliphatic carbocycles. The van der Waals surface area contributed by atoms with Gasteiger partial charge in [-0.3, -0.25) is 19.4 Å². The van der Waals surface area contributed by atoms with Crippen LogP contribution in [0.4, 0.5) is 0 Å². The Morgan fingerprint density at radius 3 is 2.25 bits per heavy atom. The number of halogens is 1. The van der Waals surface area contributed by atoms with Crippen LogP contribution in [0.25, 0.3) is 5.57 Å². The molecule has 168 valence electrons. The zero-order valence-electron chi connectivity index (χ0n) is 18.6. The first-order valence-corrected chi connectivity index (χ1v) is 11.6. The molecule has 0 N–H and O–H groups in total. The summed E-state index contributed by atoms with van der Waals surface area (Å²) in [6.45, 7) is 7.35. The lowest BCUT2D eigenvalue weighted by atomic mass is 10.0. The standard InChI is InChI=1S/C26H29ClN2O3/c1-18(2)17-32-22-10-8-20(9-11-22)23-24(27)26(31)29(25(23)30)21-12-14-28(15-13-21)16-19-6-4-3-5-7-19/h3-11,18,21H,12-17H2,1-2H3. The van der Waals surface area contributed by atoms with Gasteiger partial charge in [-0.2, -0.15) is 0 Å². The van der Waals surface area contributed by atoms with Gasteiger partial charge >= 0.3 is 0 Å². The summed E-state index contributed by atoms with van der Waals surface area (Å²) in [6.07, 6.45) is 1.51. The Hall–Kier alpha value is -2.63. The summed E-state index contributed by atoms with van der Waals surface area (Å²) >= 11 is 6.38. The molecule has 0 atom stereocenters. The highest BCUT2D eigenvalue weighted by molar-refractivity contribution is 6.55. The van der Waals surface area contributed by atoms with Crippen molar-refractivity contribution in [2.75, 3.05) is 19.7 Å². The minimum atomic E-state index is -0.381. The van der Waals surface area contributed by atoms with Gasteiger partial charge in [0.1, 0.15) is 10.8 Å². The molecular weight excluding hydrogens is 424 g/mol. The van der Waals surface area contributed by atoms with Crippen LogP contribution in [-0.2, 0) is 16.1 Å². The number of amides is 2. The topological polar surface area (TPSA) is 49.9 Å². The van der Waals surface area contributed by atoms with E-state index in [0.717, 1.165) is 38.2 Å². The average molecular weight is 453 g/mol. The second-order valence-electron chi connectivity index (χ2n) is 8.89. The SMILES string of the molecule is CC(C)COc1ccc(C2=C(Cl)C(=O)N(C3CCN(Cc4ccccc4)CC3)C2=O)cc1. The molecule has 32 heavy (non-hydrogen) atoms. The lowest BCUT2D eigenvalue weighted by Gasteiger charge is -2.35. The highest BCUT2D eigenvalue weighted by Gasteiger charge is 2.42. The number of carbonyl (C=O) groups excluding carboxylic acids is 2. The molecular formula is C26H29ClN2O3. The molecule has 2 aliphatic heterocycles. The molecule has 0 saturated carbocycles. The Balaban J connectivity index is 1.40. The number of likely N-dealkylation sites (tertiary alicyclic amines) is 1. The highest BCUT2D eigenvalue weighted by Crippen LogP contribution is 2.35. The van der Waals surface area contributed by atoms with Crippen LogP contribution in [-0.4, -0.2) is 47.4 Å². The van der Waals surface area contributed by atoms with E-state index in [1.807, 2.05) is 30.3 Å². The van der Waals surface area contributed by atoms with Gasteiger partial charge < -0.3 is 4.74 Å². The van der Waals surface area contributed by atoms with Gasteiger partial charge in [0.2, 0.25) is 0 Å². The Bertz CT molecular complexity index is 993. The normalized spacial score (nSPS) is 18.2. The van der Waals surface area contributed by atoms with Crippen molar-refractivity contribution in [1.82, 2.24) is 9.80 Å². The minimum absolute atomic E-state index is 0.0116. The summed E-state index contributed by atoms with van der Waals surface area (Å²) in [7, 11) is 0. The lowest BCUT2D eigenvalue weighted by molar-refractivity contribution is -0.140. The molecule has 2 aromatic carbocycles. The number of hydrogen-bond donors (Lipinski definition) is 0. The quantitative estimate of drug-likeness (QED) is 0.571. The van der Waals surface area contributed by atoms with Crippen molar-refractivity contribution < 1.29 is 14.3 Å². The summed E-state index contributed by atoms with van der Waals surface area (Å²) in [5.41, 5.74) is 2.21. The Labute approximate surface area is 194 Å². The van der Waals surface area contributed by atoms with E-state index in [2.05, 4.69) is 30.9 Å². The number of carbonyl (C=O) groups is 2. The average Bonchev–Trinajstić information content (AvgIpc) is 3.02. The Kier molecular flexibility index (Phi) is 6.97. The van der Waals surface area contributed by atoms with E-state index in [1.165, 1.54) is 10.5 Å². The van der Waals surface area contributed by atoms with Crippen LogP contribution in [0.15, 0.2) is 59.6 Å². The van der Waals surface area contributed by atoms with Crippen LogP contribution in [0.5, 0.6) is 5.75 Å². The number of nitrogens with zero attached hydrogens (tertiary/aromatic N) is 2. The molecule has 1 fully saturated rings. The van der Waals surface area contributed by atoms with E-state index in [1.54, 1.807) is 12.1 Å². The van der Waals surface area contributed by atoms with Crippen LogP contribution < -0.4 is 4.74 Å². The molecule has 6 heteroatoms. The van der Waals surface area contributed by atoms with Gasteiger partial charge in [-0.15, -0.1) is 0 Å². The molecule has 2 aromatic rings. The Morgan fingerprint density at radius 2 is 1.62 bits per heavy atom. The van der Waals surface area contributed by atoms with E-state index in [0.29, 0.717) is 23.7 Å². The largest absolute Gasteiger partial charge is 0.493 e. The number of hydrogen-bond acceptors (Lipinski definition) is 4. The Morgan fingerprint density at radius 1 is 0.969 bits per heavy atom. The van der Waals surface area contributed by atoms with E-state index >= 15 is 0 Å². The first-order valence-electron chi connectivity index (χ1n) is 11.2. The monoisotopic (exact) mass is 452 g/mol. The van der Waals surface area contributed by atoms with E-state index in [-0.39, 0.29) is 22.9 Å². The van der Waals surface area contributed by atoms with Gasteiger partial charge in [0.25, 0.3) is 11.8 Å². The third kappa shape index (κ3) is 4.89. The molecule has 2 heterocycles. The lowest BCUT2D eigenvalue weighted by Crippen LogP contribution is -2.47. The fraction of sp³-hybridized carbons (Fsp3) is 0.385. The third-order valence-corrected chi connectivity index (χ3v) is 6.31. The first-order chi connectivity index (χ1) is 15.4. The summed E-state index contributed by atoms with van der Waals surface area (Å²) < 4.78 is 5.71. The van der Waals surface area contributed by atoms with E-state index in [4.69, 9.17) is 16.3 Å². The van der Waals surface area contributed by atoms with Crippen molar-refractivity contribution in [2.24, 2.45) is 5.92 Å². The second kappa shape index (κ2) is 9.88. The van der Waals surface area contributed by atoms with Crippen LogP contribution >= 0.6 is 11.6 Å². The predicted octanol–water partition coefficient (Wildman–Crippen LogP) is 4.70. The van der Waals surface area contributed by atoms with Gasteiger partial charge in [-0.1, -0.05) is 67.9 Å². The summed E-state index contributed by atoms with van der Waals surface area (Å²) in [6, 6.07) is 17.4. The van der Waals surface area contributed by atoms with Crippen LogP contribution in [0.3, 0.4) is 0 Å². The number of ether oxygens (including phenoxy) is 1. The molecule has 4 rings (SSSR count). The summed E-state index contributed by atoms with van der Waals surface area (Å²) in [5, 5.41) is 0.0116. The maximum Gasteiger partial charge on any atom is 0.273 e. The molecule has 0 spiro atoms. The van der Waals surface area contributed by atoms with E-state index in [9.17, 15) is 9.59 Å². The van der Waals surface area contributed by atoms with Gasteiger partial charge in [-0.25, -0.2) is 0 Å². The van der Waals surface area contributed by atoms with Crippen LogP contribution in [0.1, 0.15) is 37.8 Å². The van der Waals surface area contributed by atoms with Gasteiger partial charge in [-0.05, 0) is 42.0 Å². The molecule has 0 aromatic heterocycles. The maximum atomic E-state index is 13.2. The maximum absolute atomic E-state index is 13.2. The smallest absolute Gasteiger partial charge is 0.273 e. The fourth-order valence-electron chi connectivity index (χ4n) is 4.26. The summed E-state index contributed by atoms with van der Waals surface area (Å²) in [4.78, 5) is 29.8. The fourth-order valence-corrected chi connectivity index (χ4v) is 4.54. The van der Waals surface area contributed by atoms with Crippen molar-refractivity contribution in [1.29, 1.82) is 0 Å². The van der Waals surface area contributed by atoms with Crippen LogP contribution in [0.2, 0.25) is 0 Å². The number of piperidine rings is 1. The highest BCUT2D eigenvalue weighted by atomic mass is 35.5. The first kappa shape index (κ1) is 22.6. The minimum Gasteiger partial charge on any atom is -0.493 e. The van der Waals surface area contributed by atoms with Gasteiger partial charge in [0.15, 0.2) is 0 Å². The molecule has 0 bridgehead atoms. The molecule has 0 unspecified atom stereocenters. The molecule has 2 aliphatic rings. The van der Waals surface area contributed by atoms with E-state index < -0.39 is 0 Å². The number of rotatable bonds is 7. The second-order valence-corrected chi connectivity index (χ2v) is 9.27. The zero-order chi connectivity index (χ0) is 22.7. The van der Waals surface area contributed by atoms with Crippen molar-refractivity contribution >= 4 is 29.0 Å². The number of benzene rings is 2. The number of imide groups is 1. The third-order valence-electron chi connectivity index (χ3n) is 5.96. The molecule has 5 nitrogen and oxygen atoms in total. The summed E-state index contributed by atoms with van der Waals surface area (Å²) in [5.74, 6) is 0.484. The van der Waals surface area contributed by atoms with Gasteiger partial charge in [0.05, 0.1) is 12.2 Å². The van der Waals surface area contributed by atoms with Crippen molar-refractivity contribution in [3.8, 4) is 5.75 Å². The predicted molar refractivity (Wildman–Crippen MR) is 126 cm³/mol. The van der Waals surface area contributed by atoms with Crippen LogP contribution in [0, 0.1) is 5.92 Å². The van der Waals surface area contributed by atoms with Crippen molar-refractivity contribution in [3.05, 3.63) is 70.8 Å². The van der Waals surface area contributed by atoms with Crippen molar-refractivity contribution in [2.45, 2.75) is 39.3 Å². The molecule has 1 saturated heterocycles. The molecule has 2 amide bonds. The zero-order valence-corrected chi connectivity index (χ0v) is 19.3. The molecule has 0 radical (unpaired) electrons. The van der Waals surface area contributed by atoms with Crippen molar-refractivity contribution in [3.63, 3.8) is 0 Å².